The molecule has 6 heteroatoms. The molecule has 0 bridgehead atoms. The zero-order chi connectivity index (χ0) is 17.4. The molecule has 3 heterocycles. The third-order valence-corrected chi connectivity index (χ3v) is 5.26. The molecule has 0 radical (unpaired) electrons. The smallest absolute Gasteiger partial charge is 0.242 e. The summed E-state index contributed by atoms with van der Waals surface area (Å²) in [4.78, 5) is 28.7. The van der Waals surface area contributed by atoms with Crippen LogP contribution in [-0.2, 0) is 22.4 Å². The van der Waals surface area contributed by atoms with Crippen LogP contribution in [0.25, 0.3) is 0 Å². The van der Waals surface area contributed by atoms with E-state index in [2.05, 4.69) is 0 Å². The Kier molecular flexibility index (Phi) is 4.25. The molecule has 1 unspecified atom stereocenters. The summed E-state index contributed by atoms with van der Waals surface area (Å²) in [5.74, 6) is 0.778. The molecule has 0 spiro atoms. The molecule has 1 fully saturated rings. The van der Waals surface area contributed by atoms with Crippen LogP contribution in [0.2, 0.25) is 5.02 Å². The zero-order valence-corrected chi connectivity index (χ0v) is 14.5. The van der Waals surface area contributed by atoms with Crippen molar-refractivity contribution in [1.29, 1.82) is 0 Å². The Morgan fingerprint density at radius 3 is 3.00 bits per heavy atom. The van der Waals surface area contributed by atoms with Gasteiger partial charge in [-0.15, -0.1) is 0 Å². The Morgan fingerprint density at radius 2 is 2.20 bits per heavy atom. The van der Waals surface area contributed by atoms with Crippen LogP contribution in [0, 0.1) is 0 Å². The largest absolute Gasteiger partial charge is 0.469 e. The standard InChI is InChI=1S/C19H19ClN2O3/c20-14-4-3-13-7-8-22-17(16(13)10-14)11-21(12-19(22)24)18(23)6-5-15-2-1-9-25-15/h1-4,9-10,17H,5-8,11-12H2. The molecule has 2 amide bonds. The van der Waals surface area contributed by atoms with E-state index >= 15 is 0 Å². The van der Waals surface area contributed by atoms with Gasteiger partial charge in [0.05, 0.1) is 18.8 Å². The maximum atomic E-state index is 12.6. The summed E-state index contributed by atoms with van der Waals surface area (Å²) < 4.78 is 5.28. The molecule has 2 aliphatic heterocycles. The van der Waals surface area contributed by atoms with Crippen molar-refractivity contribution in [2.75, 3.05) is 19.6 Å². The third kappa shape index (κ3) is 3.16. The molecule has 1 atom stereocenters. The highest BCUT2D eigenvalue weighted by atomic mass is 35.5. The van der Waals surface area contributed by atoms with Crippen molar-refractivity contribution in [3.05, 3.63) is 58.5 Å². The van der Waals surface area contributed by atoms with E-state index in [1.165, 1.54) is 5.56 Å². The first kappa shape index (κ1) is 16.2. The average Bonchev–Trinajstić information content (AvgIpc) is 3.13. The first-order chi connectivity index (χ1) is 12.1. The summed E-state index contributed by atoms with van der Waals surface area (Å²) in [6.07, 6.45) is 3.33. The minimum atomic E-state index is -0.101. The number of aryl methyl sites for hydroxylation is 1. The summed E-state index contributed by atoms with van der Waals surface area (Å²) in [5, 5.41) is 0.661. The fourth-order valence-electron chi connectivity index (χ4n) is 3.72. The number of hydrogen-bond acceptors (Lipinski definition) is 3. The number of piperazine rings is 1. The van der Waals surface area contributed by atoms with Gasteiger partial charge in [0.2, 0.25) is 11.8 Å². The van der Waals surface area contributed by atoms with Crippen LogP contribution >= 0.6 is 11.6 Å². The summed E-state index contributed by atoms with van der Waals surface area (Å²) in [5.41, 5.74) is 2.28. The Hall–Kier alpha value is -2.27. The van der Waals surface area contributed by atoms with Crippen molar-refractivity contribution < 1.29 is 14.0 Å². The fourth-order valence-corrected chi connectivity index (χ4v) is 3.90. The first-order valence-corrected chi connectivity index (χ1v) is 8.87. The van der Waals surface area contributed by atoms with E-state index < -0.39 is 0 Å². The van der Waals surface area contributed by atoms with Gasteiger partial charge < -0.3 is 14.2 Å². The van der Waals surface area contributed by atoms with Gasteiger partial charge in [0, 0.05) is 31.0 Å². The second-order valence-corrected chi connectivity index (χ2v) is 6.99. The summed E-state index contributed by atoms with van der Waals surface area (Å²) in [7, 11) is 0. The SMILES string of the molecule is O=C(CCc1ccco1)N1CC(=O)N2CCc3ccc(Cl)cc3C2C1. The minimum Gasteiger partial charge on any atom is -0.469 e. The average molecular weight is 359 g/mol. The molecule has 0 N–H and O–H groups in total. The predicted molar refractivity (Wildman–Crippen MR) is 93.2 cm³/mol. The third-order valence-electron chi connectivity index (χ3n) is 5.02. The number of fused-ring (bicyclic) bond motifs is 3. The number of rotatable bonds is 3. The number of carbonyl (C=O) groups excluding carboxylic acids is 2. The van der Waals surface area contributed by atoms with E-state index in [0.29, 0.717) is 31.0 Å². The van der Waals surface area contributed by atoms with E-state index in [1.807, 2.05) is 35.2 Å². The lowest BCUT2D eigenvalue weighted by Gasteiger charge is -2.44. The molecule has 1 aromatic carbocycles. The van der Waals surface area contributed by atoms with Crippen LogP contribution in [0.5, 0.6) is 0 Å². The summed E-state index contributed by atoms with van der Waals surface area (Å²) in [6, 6.07) is 9.40. The Morgan fingerprint density at radius 1 is 1.32 bits per heavy atom. The highest BCUT2D eigenvalue weighted by Gasteiger charge is 2.38. The van der Waals surface area contributed by atoms with Crippen LogP contribution in [0.1, 0.15) is 29.3 Å². The lowest BCUT2D eigenvalue weighted by atomic mass is 9.90. The number of benzene rings is 1. The lowest BCUT2D eigenvalue weighted by molar-refractivity contribution is -0.149. The highest BCUT2D eigenvalue weighted by Crippen LogP contribution is 2.34. The van der Waals surface area contributed by atoms with Gasteiger partial charge in [-0.2, -0.15) is 0 Å². The van der Waals surface area contributed by atoms with E-state index in [-0.39, 0.29) is 24.4 Å². The Bertz CT molecular complexity index is 803. The number of furan rings is 1. The molecule has 2 aliphatic rings. The van der Waals surface area contributed by atoms with Crippen molar-refractivity contribution in [2.45, 2.75) is 25.3 Å². The highest BCUT2D eigenvalue weighted by molar-refractivity contribution is 6.30. The molecule has 25 heavy (non-hydrogen) atoms. The molecule has 0 aliphatic carbocycles. The van der Waals surface area contributed by atoms with Gasteiger partial charge in [0.15, 0.2) is 0 Å². The van der Waals surface area contributed by atoms with Crippen LogP contribution in [-0.4, -0.2) is 41.2 Å². The van der Waals surface area contributed by atoms with Crippen molar-refractivity contribution in [2.24, 2.45) is 0 Å². The molecule has 0 saturated carbocycles. The van der Waals surface area contributed by atoms with Gasteiger partial charge in [-0.1, -0.05) is 17.7 Å². The lowest BCUT2D eigenvalue weighted by Crippen LogP contribution is -2.55. The number of carbonyl (C=O) groups is 2. The van der Waals surface area contributed by atoms with Crippen LogP contribution in [0.15, 0.2) is 41.0 Å². The number of amides is 2. The van der Waals surface area contributed by atoms with Crippen LogP contribution < -0.4 is 0 Å². The molecule has 4 rings (SSSR count). The predicted octanol–water partition coefficient (Wildman–Crippen LogP) is 2.83. The maximum Gasteiger partial charge on any atom is 0.242 e. The molecule has 2 aromatic rings. The van der Waals surface area contributed by atoms with Crippen molar-refractivity contribution in [3.63, 3.8) is 0 Å². The monoisotopic (exact) mass is 358 g/mol. The van der Waals surface area contributed by atoms with Crippen molar-refractivity contribution >= 4 is 23.4 Å². The molecular weight excluding hydrogens is 340 g/mol. The quantitative estimate of drug-likeness (QED) is 0.847. The van der Waals surface area contributed by atoms with Gasteiger partial charge in [-0.25, -0.2) is 0 Å². The zero-order valence-electron chi connectivity index (χ0n) is 13.8. The molecule has 5 nitrogen and oxygen atoms in total. The topological polar surface area (TPSA) is 53.8 Å². The number of hydrogen-bond donors (Lipinski definition) is 0. The van der Waals surface area contributed by atoms with E-state index in [9.17, 15) is 9.59 Å². The molecule has 1 aromatic heterocycles. The van der Waals surface area contributed by atoms with Gasteiger partial charge in [0.1, 0.15) is 5.76 Å². The van der Waals surface area contributed by atoms with Crippen molar-refractivity contribution in [3.8, 4) is 0 Å². The molecular formula is C19H19ClN2O3. The van der Waals surface area contributed by atoms with E-state index in [0.717, 1.165) is 17.7 Å². The normalized spacial score (nSPS) is 19.6. The van der Waals surface area contributed by atoms with Crippen LogP contribution in [0.4, 0.5) is 0 Å². The molecule has 1 saturated heterocycles. The van der Waals surface area contributed by atoms with Gasteiger partial charge in [-0.3, -0.25) is 9.59 Å². The second-order valence-electron chi connectivity index (χ2n) is 6.55. The van der Waals surface area contributed by atoms with Crippen LogP contribution in [0.3, 0.4) is 0 Å². The van der Waals surface area contributed by atoms with Gasteiger partial charge in [0.25, 0.3) is 0 Å². The Labute approximate surface area is 151 Å². The number of halogens is 1. The Balaban J connectivity index is 1.51. The minimum absolute atomic E-state index is 0.00761. The van der Waals surface area contributed by atoms with E-state index in [4.69, 9.17) is 16.0 Å². The number of nitrogens with zero attached hydrogens (tertiary/aromatic N) is 2. The van der Waals surface area contributed by atoms with Gasteiger partial charge >= 0.3 is 0 Å². The summed E-state index contributed by atoms with van der Waals surface area (Å²) in [6.45, 7) is 1.38. The maximum absolute atomic E-state index is 12.6. The fraction of sp³-hybridized carbons (Fsp3) is 0.368. The van der Waals surface area contributed by atoms with Gasteiger partial charge in [-0.05, 0) is 41.8 Å². The molecule has 130 valence electrons. The first-order valence-electron chi connectivity index (χ1n) is 8.50. The van der Waals surface area contributed by atoms with E-state index in [1.54, 1.807) is 11.2 Å². The second kappa shape index (κ2) is 6.56. The summed E-state index contributed by atoms with van der Waals surface area (Å²) >= 11 is 6.16. The van der Waals surface area contributed by atoms with Crippen molar-refractivity contribution in [1.82, 2.24) is 9.80 Å².